The number of aromatic carboxylic acids is 2. The van der Waals surface area contributed by atoms with Crippen LogP contribution in [0.3, 0.4) is 0 Å². The standard InChI is InChI=1S/C18H26O8/c1-7-17(3,4)25-23-13-10-14(24-26-18(5,6)8-2)12(16(21)22)9-11(13)15(19)20/h9-10H,7-8H2,1-6H3,(H,19,20)(H,21,22). The maximum Gasteiger partial charge on any atom is 0.339 e. The van der Waals surface area contributed by atoms with Crippen LogP contribution in [0, 0.1) is 0 Å². The van der Waals surface area contributed by atoms with Gasteiger partial charge in [0.15, 0.2) is 11.5 Å². The van der Waals surface area contributed by atoms with Gasteiger partial charge in [0.2, 0.25) is 0 Å². The number of benzene rings is 1. The highest BCUT2D eigenvalue weighted by Gasteiger charge is 2.26. The van der Waals surface area contributed by atoms with E-state index in [0.29, 0.717) is 12.8 Å². The third-order valence-electron chi connectivity index (χ3n) is 3.96. The summed E-state index contributed by atoms with van der Waals surface area (Å²) in [5.74, 6) is -3.09. The highest BCUT2D eigenvalue weighted by molar-refractivity contribution is 5.97. The van der Waals surface area contributed by atoms with Crippen molar-refractivity contribution in [3.63, 3.8) is 0 Å². The Morgan fingerprint density at radius 2 is 1.15 bits per heavy atom. The monoisotopic (exact) mass is 370 g/mol. The summed E-state index contributed by atoms with van der Waals surface area (Å²) in [5, 5.41) is 18.7. The van der Waals surface area contributed by atoms with Gasteiger partial charge < -0.3 is 20.0 Å². The minimum atomic E-state index is -1.36. The molecule has 0 bridgehead atoms. The summed E-state index contributed by atoms with van der Waals surface area (Å²) >= 11 is 0. The van der Waals surface area contributed by atoms with Crippen molar-refractivity contribution < 1.29 is 39.4 Å². The molecule has 0 aliphatic rings. The smallest absolute Gasteiger partial charge is 0.339 e. The van der Waals surface area contributed by atoms with Gasteiger partial charge in [-0.1, -0.05) is 13.8 Å². The Morgan fingerprint density at radius 1 is 0.808 bits per heavy atom. The van der Waals surface area contributed by atoms with E-state index in [1.54, 1.807) is 27.7 Å². The summed E-state index contributed by atoms with van der Waals surface area (Å²) < 4.78 is 0. The maximum absolute atomic E-state index is 11.5. The molecular weight excluding hydrogens is 344 g/mol. The molecule has 0 aliphatic carbocycles. The Morgan fingerprint density at radius 3 is 1.42 bits per heavy atom. The molecule has 0 fully saturated rings. The molecule has 0 amide bonds. The Balaban J connectivity index is 3.28. The lowest BCUT2D eigenvalue weighted by molar-refractivity contribution is -0.286. The average Bonchev–Trinajstić information content (AvgIpc) is 2.57. The topological polar surface area (TPSA) is 112 Å². The third-order valence-corrected chi connectivity index (χ3v) is 3.96. The van der Waals surface area contributed by atoms with Crippen LogP contribution < -0.4 is 9.78 Å². The van der Waals surface area contributed by atoms with Gasteiger partial charge >= 0.3 is 11.9 Å². The lowest BCUT2D eigenvalue weighted by Crippen LogP contribution is -2.26. The Bertz CT molecular complexity index is 610. The zero-order valence-corrected chi connectivity index (χ0v) is 15.9. The lowest BCUT2D eigenvalue weighted by Gasteiger charge is -2.24. The van der Waals surface area contributed by atoms with Crippen molar-refractivity contribution in [2.75, 3.05) is 0 Å². The van der Waals surface area contributed by atoms with Gasteiger partial charge in [0.05, 0.1) is 0 Å². The van der Waals surface area contributed by atoms with E-state index in [1.165, 1.54) is 0 Å². The first-order valence-electron chi connectivity index (χ1n) is 8.28. The number of hydrogen-bond acceptors (Lipinski definition) is 6. The second kappa shape index (κ2) is 8.37. The predicted octanol–water partition coefficient (Wildman–Crippen LogP) is 4.08. The van der Waals surface area contributed by atoms with E-state index in [-0.39, 0.29) is 22.6 Å². The van der Waals surface area contributed by atoms with Crippen molar-refractivity contribution in [2.24, 2.45) is 0 Å². The SMILES string of the molecule is CCC(C)(C)OOc1cc(OOC(C)(C)CC)c(C(=O)O)cc1C(=O)O. The Hall–Kier alpha value is -2.32. The molecule has 0 unspecified atom stereocenters. The van der Waals surface area contributed by atoms with Crippen LogP contribution in [0.15, 0.2) is 12.1 Å². The fourth-order valence-corrected chi connectivity index (χ4v) is 1.47. The van der Waals surface area contributed by atoms with Crippen molar-refractivity contribution in [3.05, 3.63) is 23.3 Å². The molecular formula is C18H26O8. The van der Waals surface area contributed by atoms with Gasteiger partial charge in [-0.15, -0.1) is 0 Å². The Kier molecular flexibility index (Phi) is 7.00. The molecule has 0 spiro atoms. The number of carboxylic acids is 2. The quantitative estimate of drug-likeness (QED) is 0.468. The summed E-state index contributed by atoms with van der Waals surface area (Å²) in [6.45, 7) is 10.8. The average molecular weight is 370 g/mol. The molecule has 146 valence electrons. The van der Waals surface area contributed by atoms with Crippen molar-refractivity contribution in [1.29, 1.82) is 0 Å². The summed E-state index contributed by atoms with van der Waals surface area (Å²) in [6, 6.07) is 2.07. The van der Waals surface area contributed by atoms with E-state index in [1.807, 2.05) is 13.8 Å². The van der Waals surface area contributed by atoms with Crippen LogP contribution in [0.5, 0.6) is 11.5 Å². The van der Waals surface area contributed by atoms with Crippen LogP contribution in [-0.4, -0.2) is 33.4 Å². The van der Waals surface area contributed by atoms with E-state index in [2.05, 4.69) is 0 Å². The second-order valence-corrected chi connectivity index (χ2v) is 7.01. The predicted molar refractivity (Wildman–Crippen MR) is 92.5 cm³/mol. The van der Waals surface area contributed by atoms with Crippen LogP contribution in [0.25, 0.3) is 0 Å². The van der Waals surface area contributed by atoms with Crippen molar-refractivity contribution >= 4 is 11.9 Å². The molecule has 0 heterocycles. The largest absolute Gasteiger partial charge is 0.478 e. The zero-order valence-electron chi connectivity index (χ0n) is 15.9. The molecule has 26 heavy (non-hydrogen) atoms. The first kappa shape index (κ1) is 21.7. The number of hydrogen-bond donors (Lipinski definition) is 2. The van der Waals surface area contributed by atoms with Gasteiger partial charge in [0, 0.05) is 6.07 Å². The molecule has 0 aliphatic heterocycles. The molecule has 0 atom stereocenters. The third kappa shape index (κ3) is 5.89. The van der Waals surface area contributed by atoms with Gasteiger partial charge in [-0.25, -0.2) is 9.59 Å². The molecule has 1 aromatic rings. The fraction of sp³-hybridized carbons (Fsp3) is 0.556. The van der Waals surface area contributed by atoms with E-state index in [4.69, 9.17) is 19.6 Å². The van der Waals surface area contributed by atoms with Crippen LogP contribution in [-0.2, 0) is 9.78 Å². The number of rotatable bonds is 10. The highest BCUT2D eigenvalue weighted by Crippen LogP contribution is 2.32. The van der Waals surface area contributed by atoms with E-state index in [0.717, 1.165) is 12.1 Å². The normalized spacial score (nSPS) is 11.9. The van der Waals surface area contributed by atoms with Gasteiger partial charge in [-0.05, 0) is 46.6 Å². The lowest BCUT2D eigenvalue weighted by atomic mass is 10.1. The molecule has 2 N–H and O–H groups in total. The van der Waals surface area contributed by atoms with Gasteiger partial charge in [0.1, 0.15) is 22.3 Å². The van der Waals surface area contributed by atoms with Gasteiger partial charge in [-0.3, -0.25) is 0 Å². The fourth-order valence-electron chi connectivity index (χ4n) is 1.47. The van der Waals surface area contributed by atoms with Crippen LogP contribution in [0.2, 0.25) is 0 Å². The maximum atomic E-state index is 11.5. The minimum Gasteiger partial charge on any atom is -0.478 e. The second-order valence-electron chi connectivity index (χ2n) is 7.01. The van der Waals surface area contributed by atoms with Gasteiger partial charge in [-0.2, -0.15) is 9.78 Å². The van der Waals surface area contributed by atoms with Crippen molar-refractivity contribution in [2.45, 2.75) is 65.6 Å². The van der Waals surface area contributed by atoms with E-state index in [9.17, 15) is 19.8 Å². The highest BCUT2D eigenvalue weighted by atomic mass is 17.2. The Labute approximate surface area is 152 Å². The van der Waals surface area contributed by atoms with Crippen LogP contribution in [0.1, 0.15) is 75.1 Å². The van der Waals surface area contributed by atoms with E-state index < -0.39 is 23.1 Å². The summed E-state index contributed by atoms with van der Waals surface area (Å²) in [5.41, 5.74) is -2.06. The van der Waals surface area contributed by atoms with Gasteiger partial charge in [0.25, 0.3) is 0 Å². The molecule has 0 saturated carbocycles. The van der Waals surface area contributed by atoms with E-state index >= 15 is 0 Å². The first-order valence-corrected chi connectivity index (χ1v) is 8.28. The minimum absolute atomic E-state index is 0.183. The number of carboxylic acid groups (broad SMARTS) is 2. The van der Waals surface area contributed by atoms with Crippen molar-refractivity contribution in [1.82, 2.24) is 0 Å². The molecule has 8 heteroatoms. The molecule has 1 rings (SSSR count). The summed E-state index contributed by atoms with van der Waals surface area (Å²) in [6.07, 6.45) is 1.22. The van der Waals surface area contributed by atoms with Crippen LogP contribution >= 0.6 is 0 Å². The summed E-state index contributed by atoms with van der Waals surface area (Å²) in [7, 11) is 0. The van der Waals surface area contributed by atoms with Crippen molar-refractivity contribution in [3.8, 4) is 11.5 Å². The molecule has 0 aromatic heterocycles. The molecule has 0 saturated heterocycles. The number of carbonyl (C=O) groups is 2. The molecule has 0 radical (unpaired) electrons. The zero-order chi connectivity index (χ0) is 20.1. The molecule has 8 nitrogen and oxygen atoms in total. The van der Waals surface area contributed by atoms with Crippen LogP contribution in [0.4, 0.5) is 0 Å². The summed E-state index contributed by atoms with van der Waals surface area (Å²) in [4.78, 5) is 43.8. The molecule has 1 aromatic carbocycles. The first-order chi connectivity index (χ1) is 11.9.